The third-order valence-electron chi connectivity index (χ3n) is 3.41. The Hall–Kier alpha value is -0.430. The number of nitrogens with zero attached hydrogens (tertiary/aromatic N) is 1. The molecule has 0 unspecified atom stereocenters. The van der Waals surface area contributed by atoms with Crippen LogP contribution in [0.25, 0.3) is 0 Å². The van der Waals surface area contributed by atoms with Crippen molar-refractivity contribution < 1.29 is 14.2 Å². The lowest BCUT2D eigenvalue weighted by Crippen LogP contribution is -2.53. The summed E-state index contributed by atoms with van der Waals surface area (Å²) in [5.41, 5.74) is 0. The molecular weight excluding hydrogens is 252 g/mol. The van der Waals surface area contributed by atoms with Gasteiger partial charge in [0, 0.05) is 39.6 Å². The fourth-order valence-electron chi connectivity index (χ4n) is 2.33. The van der Waals surface area contributed by atoms with E-state index in [1.54, 1.807) is 7.11 Å². The van der Waals surface area contributed by atoms with Gasteiger partial charge in [0.05, 0.1) is 19.8 Å². The molecule has 0 amide bonds. The second-order valence-electron chi connectivity index (χ2n) is 4.67. The smallest absolute Gasteiger partial charge is 0.171 e. The Balaban J connectivity index is 1.73. The molecule has 0 aromatic rings. The van der Waals surface area contributed by atoms with Crippen molar-refractivity contribution in [2.24, 2.45) is 0 Å². The Kier molecular flexibility index (Phi) is 5.17. The maximum absolute atomic E-state index is 5.80. The van der Waals surface area contributed by atoms with E-state index >= 15 is 0 Å². The molecule has 2 saturated heterocycles. The van der Waals surface area contributed by atoms with Crippen LogP contribution in [0.5, 0.6) is 0 Å². The van der Waals surface area contributed by atoms with Crippen molar-refractivity contribution >= 4 is 17.3 Å². The van der Waals surface area contributed by atoms with E-state index in [1.165, 1.54) is 0 Å². The van der Waals surface area contributed by atoms with E-state index in [0.29, 0.717) is 6.61 Å². The first-order valence-electron chi connectivity index (χ1n) is 6.55. The van der Waals surface area contributed by atoms with Gasteiger partial charge in [-0.3, -0.25) is 0 Å². The van der Waals surface area contributed by atoms with Gasteiger partial charge >= 0.3 is 0 Å². The summed E-state index contributed by atoms with van der Waals surface area (Å²) in [6, 6.07) is 0. The van der Waals surface area contributed by atoms with E-state index in [9.17, 15) is 0 Å². The van der Waals surface area contributed by atoms with Gasteiger partial charge in [-0.1, -0.05) is 0 Å². The molecule has 104 valence electrons. The number of nitrogens with one attached hydrogen (secondary N) is 1. The first-order chi connectivity index (χ1) is 8.76. The van der Waals surface area contributed by atoms with Gasteiger partial charge < -0.3 is 24.4 Å². The Bertz CT molecular complexity index is 272. The molecule has 2 fully saturated rings. The van der Waals surface area contributed by atoms with Crippen LogP contribution < -0.4 is 5.32 Å². The molecule has 0 aromatic heterocycles. The van der Waals surface area contributed by atoms with Crippen molar-refractivity contribution in [1.82, 2.24) is 10.2 Å². The minimum absolute atomic E-state index is 0.336. The van der Waals surface area contributed by atoms with Crippen molar-refractivity contribution in [2.75, 3.05) is 46.6 Å². The number of likely N-dealkylation sites (tertiary alicyclic amines) is 1. The molecule has 6 heteroatoms. The highest BCUT2D eigenvalue weighted by Crippen LogP contribution is 2.30. The molecule has 0 saturated carbocycles. The zero-order valence-corrected chi connectivity index (χ0v) is 11.8. The summed E-state index contributed by atoms with van der Waals surface area (Å²) in [4.78, 5) is 2.18. The van der Waals surface area contributed by atoms with Crippen LogP contribution in [0.3, 0.4) is 0 Å². The lowest BCUT2D eigenvalue weighted by atomic mass is 10.0. The molecule has 0 radical (unpaired) electrons. The van der Waals surface area contributed by atoms with Gasteiger partial charge in [-0.2, -0.15) is 0 Å². The lowest BCUT2D eigenvalue weighted by Gasteiger charge is -2.44. The first-order valence-corrected chi connectivity index (χ1v) is 6.96. The second-order valence-corrected chi connectivity index (χ2v) is 5.06. The third kappa shape index (κ3) is 3.54. The minimum atomic E-state index is -0.336. The zero-order valence-electron chi connectivity index (χ0n) is 10.9. The highest BCUT2D eigenvalue weighted by Gasteiger charge is 2.38. The normalized spacial score (nSPS) is 23.1. The summed E-state index contributed by atoms with van der Waals surface area (Å²) in [5, 5.41) is 4.00. The number of ether oxygens (including phenoxy) is 3. The number of hydrogen-bond acceptors (Lipinski definition) is 4. The minimum Gasteiger partial charge on any atom is -0.383 e. The largest absolute Gasteiger partial charge is 0.383 e. The van der Waals surface area contributed by atoms with E-state index in [-0.39, 0.29) is 5.79 Å². The number of methoxy groups -OCH3 is 1. The summed E-state index contributed by atoms with van der Waals surface area (Å²) in [6.07, 6.45) is 2.78. The van der Waals surface area contributed by atoms with Crippen molar-refractivity contribution in [3.63, 3.8) is 0 Å². The molecule has 2 heterocycles. The summed E-state index contributed by atoms with van der Waals surface area (Å²) >= 11 is 5.35. The van der Waals surface area contributed by atoms with Crippen molar-refractivity contribution in [2.45, 2.75) is 25.0 Å². The average Bonchev–Trinajstić information content (AvgIpc) is 2.41. The molecule has 0 aromatic carbocycles. The van der Waals surface area contributed by atoms with E-state index in [4.69, 9.17) is 26.4 Å². The quantitative estimate of drug-likeness (QED) is 0.605. The maximum Gasteiger partial charge on any atom is 0.171 e. The van der Waals surface area contributed by atoms with Gasteiger partial charge in [0.1, 0.15) is 0 Å². The van der Waals surface area contributed by atoms with Crippen molar-refractivity contribution in [1.29, 1.82) is 0 Å². The molecular formula is C12H22N2O3S. The standard InChI is InChI=1S/C12H22N2O3S/c1-15-10-5-13-11(18)14-6-3-12(4-7-14)16-8-2-9-17-12/h2-10H2,1H3,(H,13,18). The van der Waals surface area contributed by atoms with Gasteiger partial charge in [0.15, 0.2) is 10.9 Å². The zero-order chi connectivity index (χ0) is 12.8. The number of piperidine rings is 1. The Morgan fingerprint density at radius 1 is 1.33 bits per heavy atom. The van der Waals surface area contributed by atoms with Crippen LogP contribution in [-0.2, 0) is 14.2 Å². The van der Waals surface area contributed by atoms with Crippen LogP contribution in [0.4, 0.5) is 0 Å². The maximum atomic E-state index is 5.80. The molecule has 1 spiro atoms. The summed E-state index contributed by atoms with van der Waals surface area (Å²) in [6.45, 7) is 4.83. The van der Waals surface area contributed by atoms with Crippen LogP contribution in [0.1, 0.15) is 19.3 Å². The lowest BCUT2D eigenvalue weighted by molar-refractivity contribution is -0.281. The van der Waals surface area contributed by atoms with E-state index in [1.807, 2.05) is 0 Å². The topological polar surface area (TPSA) is 43.0 Å². The van der Waals surface area contributed by atoms with Gasteiger partial charge in [0.2, 0.25) is 0 Å². The molecule has 0 bridgehead atoms. The summed E-state index contributed by atoms with van der Waals surface area (Å²) < 4.78 is 16.6. The predicted molar refractivity (Wildman–Crippen MR) is 72.5 cm³/mol. The molecule has 0 aliphatic carbocycles. The van der Waals surface area contributed by atoms with Gasteiger partial charge in [0.25, 0.3) is 0 Å². The van der Waals surface area contributed by atoms with Gasteiger partial charge in [-0.05, 0) is 18.6 Å². The van der Waals surface area contributed by atoms with Crippen molar-refractivity contribution in [3.05, 3.63) is 0 Å². The SMILES string of the molecule is COCCNC(=S)N1CCC2(CC1)OCCCO2. The third-order valence-corrected chi connectivity index (χ3v) is 3.82. The molecule has 5 nitrogen and oxygen atoms in total. The average molecular weight is 274 g/mol. The highest BCUT2D eigenvalue weighted by atomic mass is 32.1. The second kappa shape index (κ2) is 6.65. The first kappa shape index (κ1) is 14.0. The molecule has 2 aliphatic heterocycles. The Morgan fingerprint density at radius 2 is 2.00 bits per heavy atom. The number of hydrogen-bond donors (Lipinski definition) is 1. The Morgan fingerprint density at radius 3 is 2.61 bits per heavy atom. The van der Waals surface area contributed by atoms with Crippen LogP contribution in [0, 0.1) is 0 Å². The van der Waals surface area contributed by atoms with E-state index in [0.717, 1.165) is 57.2 Å². The molecule has 18 heavy (non-hydrogen) atoms. The van der Waals surface area contributed by atoms with Gasteiger partial charge in [-0.25, -0.2) is 0 Å². The van der Waals surface area contributed by atoms with E-state index < -0.39 is 0 Å². The highest BCUT2D eigenvalue weighted by molar-refractivity contribution is 7.80. The Labute approximate surface area is 114 Å². The molecule has 0 atom stereocenters. The van der Waals surface area contributed by atoms with Crippen LogP contribution in [0.15, 0.2) is 0 Å². The molecule has 2 aliphatic rings. The number of rotatable bonds is 3. The van der Waals surface area contributed by atoms with Crippen molar-refractivity contribution in [3.8, 4) is 0 Å². The van der Waals surface area contributed by atoms with E-state index in [2.05, 4.69) is 10.2 Å². The monoisotopic (exact) mass is 274 g/mol. The molecule has 2 rings (SSSR count). The predicted octanol–water partition coefficient (Wildman–Crippen LogP) is 0.736. The van der Waals surface area contributed by atoms with Crippen LogP contribution in [0.2, 0.25) is 0 Å². The summed E-state index contributed by atoms with van der Waals surface area (Å²) in [5.74, 6) is -0.336. The fraction of sp³-hybridized carbons (Fsp3) is 0.917. The van der Waals surface area contributed by atoms with Gasteiger partial charge in [-0.15, -0.1) is 0 Å². The van der Waals surface area contributed by atoms with Crippen LogP contribution >= 0.6 is 12.2 Å². The van der Waals surface area contributed by atoms with Crippen LogP contribution in [-0.4, -0.2) is 62.4 Å². The summed E-state index contributed by atoms with van der Waals surface area (Å²) in [7, 11) is 1.69. The fourth-order valence-corrected chi connectivity index (χ4v) is 2.61. The number of thiocarbonyl (C=S) groups is 1. The molecule has 1 N–H and O–H groups in total.